The van der Waals surface area contributed by atoms with Crippen LogP contribution < -0.4 is 11.1 Å². The Morgan fingerprint density at radius 2 is 2.03 bits per heavy atom. The highest BCUT2D eigenvalue weighted by molar-refractivity contribution is 7.15. The summed E-state index contributed by atoms with van der Waals surface area (Å²) >= 11 is 1.21. The van der Waals surface area contributed by atoms with E-state index in [4.69, 9.17) is 5.73 Å². The number of nitrogens with two attached hydrogens (primary N) is 1. The number of anilines is 2. The molecule has 0 spiro atoms. The van der Waals surface area contributed by atoms with E-state index in [1.165, 1.54) is 16.2 Å². The molecule has 1 aliphatic rings. The summed E-state index contributed by atoms with van der Waals surface area (Å²) in [5.41, 5.74) is 4.58. The minimum atomic E-state index is -4.59. The molecule has 1 unspecified atom stereocenters. The van der Waals surface area contributed by atoms with E-state index in [0.717, 1.165) is 17.8 Å². The SMILES string of the molecule is Cc1cc(Nc2nccc(C(F)(F)F)n2)cc(-c2cnc(C3(O)CCN(C(=O)C(N)=O)C3)s2)c1. The van der Waals surface area contributed by atoms with Crippen molar-refractivity contribution in [3.8, 4) is 10.4 Å². The molecule has 1 atom stereocenters. The second-order valence-electron chi connectivity index (χ2n) is 7.88. The van der Waals surface area contributed by atoms with Gasteiger partial charge in [0.2, 0.25) is 5.95 Å². The lowest BCUT2D eigenvalue weighted by Gasteiger charge is -2.20. The summed E-state index contributed by atoms with van der Waals surface area (Å²) in [5.74, 6) is -2.15. The number of nitrogens with one attached hydrogen (secondary N) is 1. The van der Waals surface area contributed by atoms with Crippen LogP contribution in [0, 0.1) is 6.92 Å². The Labute approximate surface area is 195 Å². The Morgan fingerprint density at radius 3 is 2.74 bits per heavy atom. The molecule has 3 heterocycles. The number of aryl methyl sites for hydroxylation is 1. The molecule has 1 aliphatic heterocycles. The van der Waals surface area contributed by atoms with E-state index in [0.29, 0.717) is 21.1 Å². The summed E-state index contributed by atoms with van der Waals surface area (Å²) in [4.78, 5) is 36.5. The maximum atomic E-state index is 12.9. The Kier molecular flexibility index (Phi) is 6.00. The van der Waals surface area contributed by atoms with Crippen LogP contribution in [0.4, 0.5) is 24.8 Å². The van der Waals surface area contributed by atoms with Crippen molar-refractivity contribution in [2.75, 3.05) is 18.4 Å². The largest absolute Gasteiger partial charge is 0.433 e. The van der Waals surface area contributed by atoms with E-state index in [-0.39, 0.29) is 25.5 Å². The number of β-amino-alcohol motifs (C(OH)–C–C–N with tert-alkyl or cyclic N) is 1. The van der Waals surface area contributed by atoms with Crippen LogP contribution in [0.15, 0.2) is 36.7 Å². The first kappa shape index (κ1) is 23.6. The van der Waals surface area contributed by atoms with Crippen molar-refractivity contribution in [3.05, 3.63) is 52.9 Å². The normalized spacial score (nSPS) is 18.2. The number of primary amides is 1. The van der Waals surface area contributed by atoms with Gasteiger partial charge in [-0.25, -0.2) is 15.0 Å². The highest BCUT2D eigenvalue weighted by Crippen LogP contribution is 2.38. The molecule has 0 radical (unpaired) electrons. The molecular weight excluding hydrogens is 473 g/mol. The average molecular weight is 492 g/mol. The van der Waals surface area contributed by atoms with Crippen LogP contribution in [0.2, 0.25) is 0 Å². The van der Waals surface area contributed by atoms with Crippen LogP contribution in [-0.4, -0.2) is 49.9 Å². The molecule has 0 aliphatic carbocycles. The number of nitrogens with zero attached hydrogens (tertiary/aromatic N) is 4. The molecule has 1 saturated heterocycles. The van der Waals surface area contributed by atoms with Gasteiger partial charge in [-0.1, -0.05) is 6.07 Å². The van der Waals surface area contributed by atoms with Gasteiger partial charge >= 0.3 is 18.0 Å². The predicted molar refractivity (Wildman–Crippen MR) is 117 cm³/mol. The van der Waals surface area contributed by atoms with Gasteiger partial charge in [-0.2, -0.15) is 13.2 Å². The number of amides is 2. The zero-order valence-corrected chi connectivity index (χ0v) is 18.6. The quantitative estimate of drug-likeness (QED) is 0.477. The summed E-state index contributed by atoms with van der Waals surface area (Å²) in [6.07, 6.45) is -1.80. The van der Waals surface area contributed by atoms with Gasteiger partial charge in [0.1, 0.15) is 16.3 Å². The third-order valence-electron chi connectivity index (χ3n) is 5.21. The number of aromatic nitrogens is 3. The second kappa shape index (κ2) is 8.65. The molecule has 34 heavy (non-hydrogen) atoms. The van der Waals surface area contributed by atoms with Gasteiger partial charge < -0.3 is 21.1 Å². The fourth-order valence-electron chi connectivity index (χ4n) is 3.62. The molecule has 2 amide bonds. The first-order valence-electron chi connectivity index (χ1n) is 10.0. The Morgan fingerprint density at radius 1 is 1.26 bits per heavy atom. The fraction of sp³-hybridized carbons (Fsp3) is 0.286. The van der Waals surface area contributed by atoms with Gasteiger partial charge in [0.15, 0.2) is 0 Å². The number of alkyl halides is 3. The smallest absolute Gasteiger partial charge is 0.381 e. The number of carbonyl (C=O) groups excluding carboxylic acids is 2. The molecule has 9 nitrogen and oxygen atoms in total. The molecular formula is C21H19F3N6O3S. The Bertz CT molecular complexity index is 1260. The van der Waals surface area contributed by atoms with Gasteiger partial charge in [0.05, 0.1) is 11.4 Å². The Balaban J connectivity index is 1.57. The molecule has 13 heteroatoms. The van der Waals surface area contributed by atoms with Crippen molar-refractivity contribution in [1.29, 1.82) is 0 Å². The van der Waals surface area contributed by atoms with Crippen LogP contribution in [0.1, 0.15) is 22.7 Å². The van der Waals surface area contributed by atoms with Crippen molar-refractivity contribution in [3.63, 3.8) is 0 Å². The zero-order chi connectivity index (χ0) is 24.7. The molecule has 1 aromatic carbocycles. The third kappa shape index (κ3) is 4.84. The van der Waals surface area contributed by atoms with Crippen LogP contribution >= 0.6 is 11.3 Å². The van der Waals surface area contributed by atoms with Crippen molar-refractivity contribution in [2.45, 2.75) is 25.1 Å². The molecule has 1 fully saturated rings. The highest BCUT2D eigenvalue weighted by Gasteiger charge is 2.43. The molecule has 3 aromatic rings. The van der Waals surface area contributed by atoms with Crippen LogP contribution in [-0.2, 0) is 21.4 Å². The van der Waals surface area contributed by atoms with E-state index in [9.17, 15) is 27.9 Å². The first-order chi connectivity index (χ1) is 15.9. The van der Waals surface area contributed by atoms with E-state index >= 15 is 0 Å². The van der Waals surface area contributed by atoms with Gasteiger partial charge in [0, 0.05) is 31.0 Å². The van der Waals surface area contributed by atoms with Crippen molar-refractivity contribution < 1.29 is 27.9 Å². The lowest BCUT2D eigenvalue weighted by atomic mass is 10.1. The van der Waals surface area contributed by atoms with Crippen molar-refractivity contribution in [1.82, 2.24) is 19.9 Å². The number of benzene rings is 1. The van der Waals surface area contributed by atoms with Gasteiger partial charge in [-0.05, 0) is 36.2 Å². The average Bonchev–Trinajstić information content (AvgIpc) is 3.41. The Hall–Kier alpha value is -3.58. The van der Waals surface area contributed by atoms with Crippen LogP contribution in [0.25, 0.3) is 10.4 Å². The van der Waals surface area contributed by atoms with E-state index < -0.39 is 29.3 Å². The predicted octanol–water partition coefficient (Wildman–Crippen LogP) is 2.58. The van der Waals surface area contributed by atoms with Crippen LogP contribution in [0.5, 0.6) is 0 Å². The standard InChI is InChI=1S/C21H19F3N6O3S/c1-11-6-12(8-13(7-11)28-19-26-4-2-15(29-19)21(22,23)24)14-9-27-18(34-14)20(33)3-5-30(10-20)17(32)16(25)31/h2,4,6-9,33H,3,5,10H2,1H3,(H2,25,31)(H,26,28,29). The summed E-state index contributed by atoms with van der Waals surface area (Å²) in [7, 11) is 0. The maximum Gasteiger partial charge on any atom is 0.433 e. The highest BCUT2D eigenvalue weighted by atomic mass is 32.1. The summed E-state index contributed by atoms with van der Waals surface area (Å²) in [6.45, 7) is 1.89. The molecule has 0 bridgehead atoms. The topological polar surface area (TPSA) is 134 Å². The number of rotatable bonds is 4. The van der Waals surface area contributed by atoms with E-state index in [1.807, 2.05) is 13.0 Å². The number of thiazole rings is 1. The zero-order valence-electron chi connectivity index (χ0n) is 17.8. The minimum Gasteiger partial charge on any atom is -0.381 e. The summed E-state index contributed by atoms with van der Waals surface area (Å²) in [6, 6.07) is 6.08. The molecule has 0 saturated carbocycles. The fourth-order valence-corrected chi connectivity index (χ4v) is 4.64. The number of hydrogen-bond acceptors (Lipinski definition) is 8. The minimum absolute atomic E-state index is 0.102. The van der Waals surface area contributed by atoms with Crippen molar-refractivity contribution in [2.24, 2.45) is 5.73 Å². The lowest BCUT2D eigenvalue weighted by molar-refractivity contribution is -0.144. The number of carbonyl (C=O) groups is 2. The lowest BCUT2D eigenvalue weighted by Crippen LogP contribution is -2.41. The maximum absolute atomic E-state index is 12.9. The number of aliphatic hydroxyl groups is 1. The number of hydrogen-bond donors (Lipinski definition) is 3. The number of likely N-dealkylation sites (tertiary alicyclic amines) is 1. The van der Waals surface area contributed by atoms with E-state index in [2.05, 4.69) is 20.3 Å². The summed E-state index contributed by atoms with van der Waals surface area (Å²) < 4.78 is 38.8. The van der Waals surface area contributed by atoms with Crippen molar-refractivity contribution >= 4 is 34.8 Å². The third-order valence-corrected chi connectivity index (χ3v) is 6.45. The summed E-state index contributed by atoms with van der Waals surface area (Å²) in [5, 5.41) is 14.2. The van der Waals surface area contributed by atoms with E-state index in [1.54, 1.807) is 18.3 Å². The molecule has 178 valence electrons. The first-order valence-corrected chi connectivity index (χ1v) is 10.8. The molecule has 4 rings (SSSR count). The number of halogens is 3. The van der Waals surface area contributed by atoms with Gasteiger partial charge in [0.25, 0.3) is 0 Å². The van der Waals surface area contributed by atoms with Gasteiger partial charge in [-0.15, -0.1) is 11.3 Å². The second-order valence-corrected chi connectivity index (χ2v) is 8.91. The molecule has 4 N–H and O–H groups in total. The monoisotopic (exact) mass is 492 g/mol. The van der Waals surface area contributed by atoms with Crippen LogP contribution in [0.3, 0.4) is 0 Å². The van der Waals surface area contributed by atoms with Gasteiger partial charge in [-0.3, -0.25) is 9.59 Å². The molecule has 2 aromatic heterocycles.